The molecule has 8 heteroatoms. The largest absolute Gasteiger partial charge is 0.444 e. The number of amides is 2. The van der Waals surface area contributed by atoms with E-state index in [0.29, 0.717) is 42.6 Å². The van der Waals surface area contributed by atoms with Gasteiger partial charge >= 0.3 is 6.09 Å². The van der Waals surface area contributed by atoms with Crippen LogP contribution in [0.1, 0.15) is 66.8 Å². The Hall–Kier alpha value is -3.68. The lowest BCUT2D eigenvalue weighted by Gasteiger charge is -2.39. The van der Waals surface area contributed by atoms with E-state index in [1.54, 1.807) is 41.6 Å². The van der Waals surface area contributed by atoms with Crippen LogP contribution in [0.25, 0.3) is 10.8 Å². The fraction of sp³-hybridized carbons (Fsp3) is 0.385. The minimum absolute atomic E-state index is 0.135. The van der Waals surface area contributed by atoms with Crippen LogP contribution in [0.15, 0.2) is 42.7 Å². The number of rotatable bonds is 3. The maximum atomic E-state index is 13.4. The van der Waals surface area contributed by atoms with Crippen LogP contribution in [0, 0.1) is 0 Å². The summed E-state index contributed by atoms with van der Waals surface area (Å²) in [4.78, 5) is 39.8. The van der Waals surface area contributed by atoms with Crippen molar-refractivity contribution < 1.29 is 19.1 Å². The van der Waals surface area contributed by atoms with Crippen LogP contribution in [0.4, 0.5) is 10.5 Å². The summed E-state index contributed by atoms with van der Waals surface area (Å²) in [5, 5.41) is 8.91. The van der Waals surface area contributed by atoms with Gasteiger partial charge in [-0.2, -0.15) is 5.10 Å². The number of likely N-dealkylation sites (tertiary alicyclic amines) is 1. The molecule has 0 unspecified atom stereocenters. The highest BCUT2D eigenvalue weighted by Crippen LogP contribution is 2.36. The second-order valence-electron chi connectivity index (χ2n) is 10.3. The highest BCUT2D eigenvalue weighted by atomic mass is 16.6. The van der Waals surface area contributed by atoms with Gasteiger partial charge in [-0.3, -0.25) is 14.3 Å². The first kappa shape index (κ1) is 22.1. The number of carbonyl (C=O) groups excluding carboxylic acids is 3. The molecule has 2 amide bonds. The Balaban J connectivity index is 1.36. The molecule has 3 heterocycles. The van der Waals surface area contributed by atoms with Gasteiger partial charge in [0, 0.05) is 41.5 Å². The highest BCUT2D eigenvalue weighted by molar-refractivity contribution is 6.27. The van der Waals surface area contributed by atoms with E-state index in [-0.39, 0.29) is 23.3 Å². The summed E-state index contributed by atoms with van der Waals surface area (Å²) >= 11 is 0. The smallest absolute Gasteiger partial charge is 0.410 e. The van der Waals surface area contributed by atoms with Gasteiger partial charge in [0.1, 0.15) is 5.60 Å². The first-order chi connectivity index (χ1) is 16.1. The van der Waals surface area contributed by atoms with Gasteiger partial charge in [-0.15, -0.1) is 0 Å². The number of carbonyl (C=O) groups is 3. The van der Waals surface area contributed by atoms with E-state index in [9.17, 15) is 14.4 Å². The molecule has 2 aliphatic rings. The van der Waals surface area contributed by atoms with Gasteiger partial charge in [0.25, 0.3) is 5.91 Å². The van der Waals surface area contributed by atoms with E-state index >= 15 is 0 Å². The minimum Gasteiger partial charge on any atom is -0.444 e. The fourth-order valence-corrected chi connectivity index (χ4v) is 4.71. The first-order valence-electron chi connectivity index (χ1n) is 11.5. The molecule has 0 radical (unpaired) electrons. The van der Waals surface area contributed by atoms with Gasteiger partial charge in [-0.1, -0.05) is 12.1 Å². The lowest BCUT2D eigenvalue weighted by atomic mass is 9.90. The average molecular weight is 461 g/mol. The highest BCUT2D eigenvalue weighted by Gasteiger charge is 2.36. The number of ketones is 1. The molecule has 1 saturated heterocycles. The minimum atomic E-state index is -0.527. The molecule has 0 atom stereocenters. The van der Waals surface area contributed by atoms with E-state index < -0.39 is 5.60 Å². The second-order valence-corrected chi connectivity index (χ2v) is 10.3. The van der Waals surface area contributed by atoms with E-state index in [2.05, 4.69) is 17.3 Å². The third-order valence-electron chi connectivity index (χ3n) is 6.67. The molecule has 1 aromatic heterocycles. The van der Waals surface area contributed by atoms with Crippen molar-refractivity contribution in [3.63, 3.8) is 0 Å². The SMILES string of the molecule is CC(C)(C)OC(=O)N1CCC(C)(n2cc(C(=O)c3ccc4c5c(cccc35)C(=O)N4)cn2)CC1. The van der Waals surface area contributed by atoms with Crippen molar-refractivity contribution in [3.8, 4) is 0 Å². The molecule has 8 nitrogen and oxygen atoms in total. The van der Waals surface area contributed by atoms with Crippen molar-refractivity contribution in [1.29, 1.82) is 0 Å². The van der Waals surface area contributed by atoms with Crippen LogP contribution in [-0.4, -0.2) is 51.2 Å². The molecule has 1 fully saturated rings. The molecule has 3 aromatic rings. The van der Waals surface area contributed by atoms with E-state index in [1.807, 2.05) is 31.5 Å². The van der Waals surface area contributed by atoms with Crippen LogP contribution < -0.4 is 5.32 Å². The van der Waals surface area contributed by atoms with Gasteiger partial charge in [0.2, 0.25) is 0 Å². The van der Waals surface area contributed by atoms with Gasteiger partial charge in [0.05, 0.1) is 17.3 Å². The van der Waals surface area contributed by atoms with Crippen LogP contribution in [0.2, 0.25) is 0 Å². The fourth-order valence-electron chi connectivity index (χ4n) is 4.71. The molecule has 0 bridgehead atoms. The molecule has 2 aliphatic heterocycles. The van der Waals surface area contributed by atoms with E-state index in [4.69, 9.17) is 4.74 Å². The van der Waals surface area contributed by atoms with Gasteiger partial charge < -0.3 is 15.0 Å². The number of nitrogens with one attached hydrogen (secondary N) is 1. The van der Waals surface area contributed by atoms with Gasteiger partial charge in [0.15, 0.2) is 5.78 Å². The standard InChI is InChI=1S/C26H28N4O4/c1-25(2,3)34-24(33)29-12-10-26(4,11-13-29)30-15-16(14-27-30)22(31)18-8-9-20-21-17(18)6-5-7-19(21)23(32)28-20/h5-9,14-15H,10-13H2,1-4H3,(H,28,32). The zero-order valence-electron chi connectivity index (χ0n) is 19.8. The number of hydrogen-bond donors (Lipinski definition) is 1. The predicted octanol–water partition coefficient (Wildman–Crippen LogP) is 4.58. The summed E-state index contributed by atoms with van der Waals surface area (Å²) in [5.74, 6) is -0.284. The van der Waals surface area contributed by atoms with Crippen molar-refractivity contribution in [3.05, 3.63) is 59.4 Å². The Kier molecular flexibility index (Phi) is 5.00. The number of hydrogen-bond acceptors (Lipinski definition) is 5. The quantitative estimate of drug-likeness (QED) is 0.578. The summed E-state index contributed by atoms with van der Waals surface area (Å²) in [5.41, 5.74) is 1.51. The third-order valence-corrected chi connectivity index (χ3v) is 6.67. The Labute approximate surface area is 197 Å². The zero-order valence-corrected chi connectivity index (χ0v) is 19.8. The predicted molar refractivity (Wildman–Crippen MR) is 128 cm³/mol. The molecule has 176 valence electrons. The summed E-state index contributed by atoms with van der Waals surface area (Å²) < 4.78 is 7.34. The van der Waals surface area contributed by atoms with Crippen LogP contribution in [-0.2, 0) is 10.3 Å². The van der Waals surface area contributed by atoms with E-state index in [0.717, 1.165) is 16.5 Å². The van der Waals surface area contributed by atoms with Crippen molar-refractivity contribution >= 4 is 34.2 Å². The number of ether oxygens (including phenoxy) is 1. The molecule has 5 rings (SSSR count). The van der Waals surface area contributed by atoms with Gasteiger partial charge in [-0.05, 0) is 64.1 Å². The molecule has 0 spiro atoms. The Bertz CT molecular complexity index is 1330. The molecule has 1 N–H and O–H groups in total. The number of nitrogens with zero attached hydrogens (tertiary/aromatic N) is 3. The van der Waals surface area contributed by atoms with Crippen molar-refractivity contribution in [1.82, 2.24) is 14.7 Å². The van der Waals surface area contributed by atoms with E-state index in [1.165, 1.54) is 0 Å². The van der Waals surface area contributed by atoms with Crippen molar-refractivity contribution in [2.75, 3.05) is 18.4 Å². The molecule has 0 aliphatic carbocycles. The number of aromatic nitrogens is 2. The lowest BCUT2D eigenvalue weighted by Crippen LogP contribution is -2.48. The zero-order chi connectivity index (χ0) is 24.3. The molecule has 34 heavy (non-hydrogen) atoms. The van der Waals surface area contributed by atoms with Crippen LogP contribution >= 0.6 is 0 Å². The summed E-state index contributed by atoms with van der Waals surface area (Å²) in [6.07, 6.45) is 4.50. The number of anilines is 1. The average Bonchev–Trinajstić information content (AvgIpc) is 3.40. The molecular formula is C26H28N4O4. The molecule has 2 aromatic carbocycles. The second kappa shape index (κ2) is 7.68. The van der Waals surface area contributed by atoms with Gasteiger partial charge in [-0.25, -0.2) is 4.79 Å². The molecular weight excluding hydrogens is 432 g/mol. The maximum absolute atomic E-state index is 13.4. The summed E-state index contributed by atoms with van der Waals surface area (Å²) in [6, 6.07) is 8.97. The summed E-state index contributed by atoms with van der Waals surface area (Å²) in [6.45, 7) is 8.79. The number of piperidine rings is 1. The Morgan fingerprint density at radius 1 is 1.12 bits per heavy atom. The summed E-state index contributed by atoms with van der Waals surface area (Å²) in [7, 11) is 0. The normalized spacial score (nSPS) is 17.1. The van der Waals surface area contributed by atoms with Crippen LogP contribution in [0.3, 0.4) is 0 Å². The van der Waals surface area contributed by atoms with Crippen LogP contribution in [0.5, 0.6) is 0 Å². The van der Waals surface area contributed by atoms with Crippen molar-refractivity contribution in [2.24, 2.45) is 0 Å². The van der Waals surface area contributed by atoms with Crippen molar-refractivity contribution in [2.45, 2.75) is 51.7 Å². The monoisotopic (exact) mass is 460 g/mol. The first-order valence-corrected chi connectivity index (χ1v) is 11.5. The lowest BCUT2D eigenvalue weighted by molar-refractivity contribution is 0.0120. The Morgan fingerprint density at radius 3 is 2.56 bits per heavy atom. The molecule has 0 saturated carbocycles. The Morgan fingerprint density at radius 2 is 1.85 bits per heavy atom. The topological polar surface area (TPSA) is 93.5 Å². The maximum Gasteiger partial charge on any atom is 0.410 e. The number of benzene rings is 2. The third kappa shape index (κ3) is 3.73.